The van der Waals surface area contributed by atoms with Gasteiger partial charge in [-0.25, -0.2) is 4.79 Å². The molecule has 1 aromatic heterocycles. The summed E-state index contributed by atoms with van der Waals surface area (Å²) >= 11 is 0. The number of nitrogens with one attached hydrogen (secondary N) is 1. The molecule has 6 heteroatoms. The number of hydrogen-bond donors (Lipinski definition) is 1. The lowest BCUT2D eigenvalue weighted by Crippen LogP contribution is -2.32. The monoisotopic (exact) mass is 292 g/mol. The number of carbonyl (C=O) groups excluding carboxylic acids is 1. The Morgan fingerprint density at radius 2 is 2.19 bits per heavy atom. The van der Waals surface area contributed by atoms with Crippen LogP contribution in [0.3, 0.4) is 0 Å². The zero-order chi connectivity index (χ0) is 14.8. The molecule has 0 unspecified atom stereocenters. The van der Waals surface area contributed by atoms with Crippen LogP contribution in [0.5, 0.6) is 0 Å². The number of fused-ring (bicyclic) bond motifs is 1. The third-order valence-electron chi connectivity index (χ3n) is 4.40. The second kappa shape index (κ2) is 6.15. The average Bonchev–Trinajstić information content (AvgIpc) is 2.87. The van der Waals surface area contributed by atoms with Gasteiger partial charge in [-0.2, -0.15) is 5.10 Å². The number of carbonyl (C=O) groups is 1. The first-order chi connectivity index (χ1) is 10.2. The van der Waals surface area contributed by atoms with E-state index in [-0.39, 0.29) is 5.97 Å². The molecular weight excluding hydrogens is 268 g/mol. The molecule has 0 amide bonds. The molecule has 0 aliphatic carbocycles. The van der Waals surface area contributed by atoms with Crippen molar-refractivity contribution < 1.29 is 9.53 Å². The summed E-state index contributed by atoms with van der Waals surface area (Å²) in [6, 6.07) is 0.409. The van der Waals surface area contributed by atoms with Gasteiger partial charge >= 0.3 is 5.97 Å². The molecule has 116 valence electrons. The second-order valence-electron chi connectivity index (χ2n) is 5.91. The smallest absolute Gasteiger partial charge is 0.359 e. The van der Waals surface area contributed by atoms with Gasteiger partial charge in [0.25, 0.3) is 0 Å². The van der Waals surface area contributed by atoms with Crippen LogP contribution in [0, 0.1) is 0 Å². The molecule has 21 heavy (non-hydrogen) atoms. The third-order valence-corrected chi connectivity index (χ3v) is 4.40. The van der Waals surface area contributed by atoms with Gasteiger partial charge in [0, 0.05) is 30.8 Å². The van der Waals surface area contributed by atoms with Crippen molar-refractivity contribution in [3.05, 3.63) is 17.0 Å². The first kappa shape index (κ1) is 14.5. The Morgan fingerprint density at radius 3 is 2.90 bits per heavy atom. The highest BCUT2D eigenvalue weighted by molar-refractivity contribution is 5.89. The van der Waals surface area contributed by atoms with Crippen molar-refractivity contribution in [3.8, 4) is 0 Å². The third kappa shape index (κ3) is 2.82. The predicted octanol–water partition coefficient (Wildman–Crippen LogP) is 0.972. The maximum atomic E-state index is 12.2. The molecule has 1 saturated heterocycles. The summed E-state index contributed by atoms with van der Waals surface area (Å²) < 4.78 is 7.30. The van der Waals surface area contributed by atoms with Crippen molar-refractivity contribution in [3.63, 3.8) is 0 Å². The van der Waals surface area contributed by atoms with E-state index in [0.29, 0.717) is 18.3 Å². The van der Waals surface area contributed by atoms with Crippen LogP contribution in [0.25, 0.3) is 0 Å². The van der Waals surface area contributed by atoms with E-state index < -0.39 is 0 Å². The number of aromatic nitrogens is 2. The molecule has 1 fully saturated rings. The van der Waals surface area contributed by atoms with E-state index in [9.17, 15) is 4.79 Å². The fraction of sp³-hybridized carbons (Fsp3) is 0.733. The van der Waals surface area contributed by atoms with E-state index >= 15 is 0 Å². The Bertz CT molecular complexity index is 520. The minimum Gasteiger partial charge on any atom is -0.461 e. The van der Waals surface area contributed by atoms with E-state index in [0.717, 1.165) is 51.0 Å². The fourth-order valence-corrected chi connectivity index (χ4v) is 3.30. The van der Waals surface area contributed by atoms with Gasteiger partial charge in [0.15, 0.2) is 5.69 Å². The summed E-state index contributed by atoms with van der Waals surface area (Å²) in [5.74, 6) is -0.281. The summed E-state index contributed by atoms with van der Waals surface area (Å²) in [5, 5.41) is 8.04. The molecule has 0 atom stereocenters. The maximum Gasteiger partial charge on any atom is 0.359 e. The maximum absolute atomic E-state index is 12.2. The van der Waals surface area contributed by atoms with Gasteiger partial charge in [0.1, 0.15) is 0 Å². The average molecular weight is 292 g/mol. The molecule has 1 N–H and O–H groups in total. The zero-order valence-corrected chi connectivity index (χ0v) is 12.9. The minimum absolute atomic E-state index is 0.281. The lowest BCUT2D eigenvalue weighted by Gasteiger charge is -2.28. The largest absolute Gasteiger partial charge is 0.461 e. The number of esters is 1. The van der Waals surface area contributed by atoms with Crippen LogP contribution in [0.1, 0.15) is 47.6 Å². The van der Waals surface area contributed by atoms with Crippen molar-refractivity contribution in [2.75, 3.05) is 33.3 Å². The molecule has 0 radical (unpaired) electrons. The summed E-state index contributed by atoms with van der Waals surface area (Å²) in [6.45, 7) is 6.08. The molecule has 3 rings (SSSR count). The van der Waals surface area contributed by atoms with Gasteiger partial charge in [-0.1, -0.05) is 0 Å². The standard InChI is InChI=1S/C15H24N4O2/c1-3-21-15(20)14-12-10-18(2)9-6-13(12)19(17-14)11-4-7-16-8-5-11/h11,16H,3-10H2,1-2H3. The SMILES string of the molecule is CCOC(=O)c1nn(C2CCNCC2)c2c1CN(C)CC2. The van der Waals surface area contributed by atoms with E-state index in [1.165, 1.54) is 5.69 Å². The van der Waals surface area contributed by atoms with Crippen molar-refractivity contribution in [2.24, 2.45) is 0 Å². The second-order valence-corrected chi connectivity index (χ2v) is 5.91. The lowest BCUT2D eigenvalue weighted by atomic mass is 10.0. The van der Waals surface area contributed by atoms with Crippen molar-refractivity contribution in [2.45, 2.75) is 38.8 Å². The van der Waals surface area contributed by atoms with Crippen LogP contribution in [0.4, 0.5) is 0 Å². The molecule has 0 bridgehead atoms. The minimum atomic E-state index is -0.281. The first-order valence-electron chi connectivity index (χ1n) is 7.87. The number of piperidine rings is 1. The molecular formula is C15H24N4O2. The Balaban J connectivity index is 1.96. The van der Waals surface area contributed by atoms with Crippen LogP contribution >= 0.6 is 0 Å². The Hall–Kier alpha value is -1.40. The molecule has 1 aromatic rings. The Labute approximate surface area is 125 Å². The van der Waals surface area contributed by atoms with Gasteiger partial charge in [-0.05, 0) is 39.9 Å². The Morgan fingerprint density at radius 1 is 1.43 bits per heavy atom. The molecule has 2 aliphatic rings. The summed E-state index contributed by atoms with van der Waals surface area (Å²) in [4.78, 5) is 14.4. The molecule has 0 spiro atoms. The summed E-state index contributed by atoms with van der Waals surface area (Å²) in [7, 11) is 2.08. The van der Waals surface area contributed by atoms with E-state index in [1.54, 1.807) is 0 Å². The van der Waals surface area contributed by atoms with Crippen LogP contribution in [0.2, 0.25) is 0 Å². The lowest BCUT2D eigenvalue weighted by molar-refractivity contribution is 0.0515. The number of hydrogen-bond acceptors (Lipinski definition) is 5. The van der Waals surface area contributed by atoms with E-state index in [4.69, 9.17) is 4.74 Å². The molecule has 3 heterocycles. The van der Waals surface area contributed by atoms with Crippen LogP contribution < -0.4 is 5.32 Å². The summed E-state index contributed by atoms with van der Waals surface area (Å²) in [6.07, 6.45) is 3.11. The van der Waals surface area contributed by atoms with Crippen molar-refractivity contribution in [1.29, 1.82) is 0 Å². The highest BCUT2D eigenvalue weighted by Gasteiger charge is 2.30. The molecule has 2 aliphatic heterocycles. The molecule has 0 aromatic carbocycles. The summed E-state index contributed by atoms with van der Waals surface area (Å²) in [5.41, 5.74) is 2.83. The van der Waals surface area contributed by atoms with Crippen LogP contribution in [-0.2, 0) is 17.7 Å². The number of nitrogens with zero attached hydrogens (tertiary/aromatic N) is 3. The Kier molecular flexibility index (Phi) is 4.26. The highest BCUT2D eigenvalue weighted by Crippen LogP contribution is 2.28. The van der Waals surface area contributed by atoms with Gasteiger partial charge in [-0.15, -0.1) is 0 Å². The van der Waals surface area contributed by atoms with Crippen molar-refractivity contribution >= 4 is 5.97 Å². The van der Waals surface area contributed by atoms with Crippen LogP contribution in [0.15, 0.2) is 0 Å². The number of rotatable bonds is 3. The predicted molar refractivity (Wildman–Crippen MR) is 79.4 cm³/mol. The van der Waals surface area contributed by atoms with Gasteiger partial charge < -0.3 is 15.0 Å². The quantitative estimate of drug-likeness (QED) is 0.841. The number of likely N-dealkylation sites (N-methyl/N-ethyl adjacent to an activating group) is 1. The normalized spacial score (nSPS) is 20.3. The van der Waals surface area contributed by atoms with E-state index in [1.807, 2.05) is 6.92 Å². The fourth-order valence-electron chi connectivity index (χ4n) is 3.30. The van der Waals surface area contributed by atoms with Gasteiger partial charge in [0.2, 0.25) is 0 Å². The molecule has 0 saturated carbocycles. The zero-order valence-electron chi connectivity index (χ0n) is 12.9. The molecule has 6 nitrogen and oxygen atoms in total. The van der Waals surface area contributed by atoms with E-state index in [2.05, 4.69) is 27.0 Å². The highest BCUT2D eigenvalue weighted by atomic mass is 16.5. The van der Waals surface area contributed by atoms with Crippen molar-refractivity contribution in [1.82, 2.24) is 20.0 Å². The van der Waals surface area contributed by atoms with Gasteiger partial charge in [-0.3, -0.25) is 4.68 Å². The topological polar surface area (TPSA) is 59.4 Å². The number of ether oxygens (including phenoxy) is 1. The van der Waals surface area contributed by atoms with Gasteiger partial charge in [0.05, 0.1) is 12.6 Å². The van der Waals surface area contributed by atoms with Crippen LogP contribution in [-0.4, -0.2) is 53.9 Å². The first-order valence-corrected chi connectivity index (χ1v) is 7.87.